The van der Waals surface area contributed by atoms with Crippen LogP contribution in [0.25, 0.3) is 0 Å². The van der Waals surface area contributed by atoms with E-state index in [1.165, 1.54) is 18.5 Å². The van der Waals surface area contributed by atoms with Crippen LogP contribution in [0.1, 0.15) is 44.8 Å². The molecule has 2 unspecified atom stereocenters. The summed E-state index contributed by atoms with van der Waals surface area (Å²) in [6.45, 7) is 6.20. The fraction of sp³-hybridized carbons (Fsp3) is 0.786. The van der Waals surface area contributed by atoms with Gasteiger partial charge in [-0.15, -0.1) is 0 Å². The predicted molar refractivity (Wildman–Crippen MR) is 80.2 cm³/mol. The van der Waals surface area contributed by atoms with Gasteiger partial charge < -0.3 is 10.1 Å². The van der Waals surface area contributed by atoms with E-state index < -0.39 is 0 Å². The number of nitrogens with zero attached hydrogens (tertiary/aromatic N) is 2. The minimum absolute atomic E-state index is 0.214. The number of nitrogens with one attached hydrogen (secondary N) is 1. The van der Waals surface area contributed by atoms with Gasteiger partial charge in [-0.1, -0.05) is 13.8 Å². The average Bonchev–Trinajstić information content (AvgIpc) is 3.16. The van der Waals surface area contributed by atoms with Gasteiger partial charge in [0.15, 0.2) is 0 Å². The standard InChI is InChI=1S/C14H24BrN3O/c1-4-8-18-13(11(15)9-17-18)12(16-5-2)14(19-3)10-6-7-10/h9-10,12,14,16H,4-8H2,1-3H3. The van der Waals surface area contributed by atoms with Crippen LogP contribution in [0.2, 0.25) is 0 Å². The lowest BCUT2D eigenvalue weighted by Crippen LogP contribution is -2.36. The summed E-state index contributed by atoms with van der Waals surface area (Å²) in [4.78, 5) is 0. The Labute approximate surface area is 124 Å². The van der Waals surface area contributed by atoms with Gasteiger partial charge in [0.05, 0.1) is 28.5 Å². The largest absolute Gasteiger partial charge is 0.379 e. The fourth-order valence-corrected chi connectivity index (χ4v) is 3.23. The number of halogens is 1. The molecule has 0 bridgehead atoms. The molecular weight excluding hydrogens is 306 g/mol. The van der Waals surface area contributed by atoms with Crippen LogP contribution in [0, 0.1) is 5.92 Å². The van der Waals surface area contributed by atoms with Gasteiger partial charge in [0.2, 0.25) is 0 Å². The Balaban J connectivity index is 2.28. The zero-order chi connectivity index (χ0) is 13.8. The quantitative estimate of drug-likeness (QED) is 0.796. The maximum absolute atomic E-state index is 5.78. The normalized spacial score (nSPS) is 18.5. The van der Waals surface area contributed by atoms with Gasteiger partial charge >= 0.3 is 0 Å². The number of methoxy groups -OCH3 is 1. The molecule has 0 saturated heterocycles. The van der Waals surface area contributed by atoms with E-state index in [4.69, 9.17) is 4.74 Å². The number of hydrogen-bond donors (Lipinski definition) is 1. The Hall–Kier alpha value is -0.390. The Kier molecular flexibility index (Phi) is 5.42. The Bertz CT molecular complexity index is 403. The third-order valence-corrected chi connectivity index (χ3v) is 4.29. The number of ether oxygens (including phenoxy) is 1. The van der Waals surface area contributed by atoms with Gasteiger partial charge in [-0.3, -0.25) is 4.68 Å². The molecule has 1 aromatic rings. The summed E-state index contributed by atoms with van der Waals surface area (Å²) in [6, 6.07) is 0.214. The lowest BCUT2D eigenvalue weighted by molar-refractivity contribution is 0.0482. The van der Waals surface area contributed by atoms with Gasteiger partial charge in [0.25, 0.3) is 0 Å². The van der Waals surface area contributed by atoms with Crippen molar-refractivity contribution in [3.05, 3.63) is 16.4 Å². The van der Waals surface area contributed by atoms with Crippen molar-refractivity contribution >= 4 is 15.9 Å². The zero-order valence-electron chi connectivity index (χ0n) is 12.0. The van der Waals surface area contributed by atoms with Gasteiger partial charge in [0.1, 0.15) is 0 Å². The first-order chi connectivity index (χ1) is 9.22. The fourth-order valence-electron chi connectivity index (χ4n) is 2.68. The zero-order valence-corrected chi connectivity index (χ0v) is 13.6. The van der Waals surface area contributed by atoms with Gasteiger partial charge in [-0.2, -0.15) is 5.10 Å². The SMILES string of the molecule is CCCn1ncc(Br)c1C(NCC)C(OC)C1CC1. The van der Waals surface area contributed by atoms with Crippen molar-refractivity contribution in [2.75, 3.05) is 13.7 Å². The molecule has 0 spiro atoms. The molecule has 1 heterocycles. The first-order valence-corrected chi connectivity index (χ1v) is 7.99. The molecule has 1 N–H and O–H groups in total. The van der Waals surface area contributed by atoms with Crippen LogP contribution >= 0.6 is 15.9 Å². The highest BCUT2D eigenvalue weighted by Crippen LogP contribution is 2.41. The minimum atomic E-state index is 0.214. The van der Waals surface area contributed by atoms with Gasteiger partial charge in [0, 0.05) is 13.7 Å². The molecule has 19 heavy (non-hydrogen) atoms. The van der Waals surface area contributed by atoms with Crippen molar-refractivity contribution in [3.63, 3.8) is 0 Å². The predicted octanol–water partition coefficient (Wildman–Crippen LogP) is 3.13. The van der Waals surface area contributed by atoms with Gasteiger partial charge in [-0.25, -0.2) is 0 Å². The molecule has 0 amide bonds. The number of rotatable bonds is 8. The molecule has 2 rings (SSSR count). The Morgan fingerprint density at radius 1 is 1.53 bits per heavy atom. The second-order valence-corrected chi connectivity index (χ2v) is 6.03. The van der Waals surface area contributed by atoms with E-state index in [2.05, 4.69) is 44.9 Å². The van der Waals surface area contributed by atoms with Crippen LogP contribution in [0.3, 0.4) is 0 Å². The minimum Gasteiger partial charge on any atom is -0.379 e. The van der Waals surface area contributed by atoms with E-state index in [1.807, 2.05) is 13.3 Å². The molecule has 5 heteroatoms. The van der Waals surface area contributed by atoms with Crippen molar-refractivity contribution in [2.24, 2.45) is 5.92 Å². The topological polar surface area (TPSA) is 39.1 Å². The highest BCUT2D eigenvalue weighted by molar-refractivity contribution is 9.10. The van der Waals surface area contributed by atoms with Crippen molar-refractivity contribution in [2.45, 2.75) is 51.8 Å². The van der Waals surface area contributed by atoms with E-state index in [9.17, 15) is 0 Å². The lowest BCUT2D eigenvalue weighted by Gasteiger charge is -2.28. The summed E-state index contributed by atoms with van der Waals surface area (Å²) < 4.78 is 8.96. The first-order valence-electron chi connectivity index (χ1n) is 7.20. The summed E-state index contributed by atoms with van der Waals surface area (Å²) in [5, 5.41) is 8.06. The van der Waals surface area contributed by atoms with Crippen LogP contribution in [0.4, 0.5) is 0 Å². The molecule has 2 atom stereocenters. The summed E-state index contributed by atoms with van der Waals surface area (Å²) >= 11 is 3.65. The maximum Gasteiger partial charge on any atom is 0.0809 e. The Morgan fingerprint density at radius 2 is 2.26 bits per heavy atom. The van der Waals surface area contributed by atoms with Crippen molar-refractivity contribution < 1.29 is 4.74 Å². The van der Waals surface area contributed by atoms with Crippen LogP contribution in [-0.4, -0.2) is 29.5 Å². The molecular formula is C14H24BrN3O. The maximum atomic E-state index is 5.78. The van der Waals surface area contributed by atoms with E-state index in [1.54, 1.807) is 0 Å². The molecule has 1 aromatic heterocycles. The molecule has 1 aliphatic rings. The highest BCUT2D eigenvalue weighted by Gasteiger charge is 2.39. The molecule has 108 valence electrons. The monoisotopic (exact) mass is 329 g/mol. The lowest BCUT2D eigenvalue weighted by atomic mass is 10.0. The summed E-state index contributed by atoms with van der Waals surface area (Å²) in [6.07, 6.45) is 5.78. The first kappa shape index (κ1) is 15.0. The second kappa shape index (κ2) is 6.86. The van der Waals surface area contributed by atoms with Crippen LogP contribution in [0.15, 0.2) is 10.7 Å². The number of hydrogen-bond acceptors (Lipinski definition) is 3. The molecule has 0 aromatic carbocycles. The number of likely N-dealkylation sites (N-methyl/N-ethyl adjacent to an activating group) is 1. The van der Waals surface area contributed by atoms with Crippen LogP contribution < -0.4 is 5.32 Å². The third-order valence-electron chi connectivity index (χ3n) is 3.67. The van der Waals surface area contributed by atoms with Crippen LogP contribution in [0.5, 0.6) is 0 Å². The second-order valence-electron chi connectivity index (χ2n) is 5.17. The molecule has 4 nitrogen and oxygen atoms in total. The molecule has 1 saturated carbocycles. The van der Waals surface area contributed by atoms with E-state index in [-0.39, 0.29) is 12.1 Å². The molecule has 1 fully saturated rings. The summed E-state index contributed by atoms with van der Waals surface area (Å²) in [5.74, 6) is 0.686. The molecule has 0 aliphatic heterocycles. The van der Waals surface area contributed by atoms with Crippen LogP contribution in [-0.2, 0) is 11.3 Å². The Morgan fingerprint density at radius 3 is 2.79 bits per heavy atom. The van der Waals surface area contributed by atoms with Crippen molar-refractivity contribution in [3.8, 4) is 0 Å². The van der Waals surface area contributed by atoms with E-state index >= 15 is 0 Å². The summed E-state index contributed by atoms with van der Waals surface area (Å²) in [5.41, 5.74) is 1.22. The number of aryl methyl sites for hydroxylation is 1. The summed E-state index contributed by atoms with van der Waals surface area (Å²) in [7, 11) is 1.82. The molecule has 1 aliphatic carbocycles. The smallest absolute Gasteiger partial charge is 0.0809 e. The average molecular weight is 330 g/mol. The van der Waals surface area contributed by atoms with Gasteiger partial charge in [-0.05, 0) is 47.7 Å². The third kappa shape index (κ3) is 3.38. The molecule has 0 radical (unpaired) electrons. The van der Waals surface area contributed by atoms with Crippen molar-refractivity contribution in [1.82, 2.24) is 15.1 Å². The van der Waals surface area contributed by atoms with Crippen molar-refractivity contribution in [1.29, 1.82) is 0 Å². The highest BCUT2D eigenvalue weighted by atomic mass is 79.9. The van der Waals surface area contributed by atoms with E-state index in [0.717, 1.165) is 24.0 Å². The number of aromatic nitrogens is 2. The van der Waals surface area contributed by atoms with E-state index in [0.29, 0.717) is 5.92 Å².